The number of hydrogen-bond donors (Lipinski definition) is 1. The third-order valence-corrected chi connectivity index (χ3v) is 8.41. The maximum Gasteiger partial charge on any atom is 0.261 e. The standard InChI is InChI=1S/C23H24N4O3S/c28-18(11-23-8-13-5-14(9-23)7-15(6-13)10-23)24-22-26-25-19(31-22)12-27-20(29)16-3-1-2-4-17(16)21(27)30/h1-4,13-15H,5-12H2,(H,24,26,28). The van der Waals surface area contributed by atoms with Crippen LogP contribution in [0.2, 0.25) is 0 Å². The van der Waals surface area contributed by atoms with Gasteiger partial charge in [0.25, 0.3) is 11.8 Å². The molecule has 4 aliphatic carbocycles. The summed E-state index contributed by atoms with van der Waals surface area (Å²) in [6.45, 7) is 0.0643. The van der Waals surface area contributed by atoms with Gasteiger partial charge in [-0.25, -0.2) is 0 Å². The highest BCUT2D eigenvalue weighted by atomic mass is 32.1. The molecular weight excluding hydrogens is 412 g/mol. The molecule has 7 rings (SSSR count). The van der Waals surface area contributed by atoms with E-state index in [9.17, 15) is 14.4 Å². The molecule has 8 heteroatoms. The molecule has 1 aromatic heterocycles. The first kappa shape index (κ1) is 19.1. The maximum atomic E-state index is 12.8. The predicted molar refractivity (Wildman–Crippen MR) is 114 cm³/mol. The highest BCUT2D eigenvalue weighted by Gasteiger charge is 2.51. The van der Waals surface area contributed by atoms with E-state index < -0.39 is 0 Å². The summed E-state index contributed by atoms with van der Waals surface area (Å²) >= 11 is 1.22. The van der Waals surface area contributed by atoms with Crippen LogP contribution in [0.15, 0.2) is 24.3 Å². The van der Waals surface area contributed by atoms with E-state index in [0.717, 1.165) is 17.8 Å². The number of carbonyl (C=O) groups excluding carboxylic acids is 3. The van der Waals surface area contributed by atoms with Crippen LogP contribution in [0.5, 0.6) is 0 Å². The zero-order valence-electron chi connectivity index (χ0n) is 17.2. The average molecular weight is 437 g/mol. The molecule has 160 valence electrons. The van der Waals surface area contributed by atoms with Crippen LogP contribution in [0.1, 0.15) is 70.7 Å². The zero-order chi connectivity index (χ0) is 21.2. The Labute approximate surface area is 184 Å². The third-order valence-electron chi connectivity index (χ3n) is 7.59. The van der Waals surface area contributed by atoms with Crippen LogP contribution in [0.25, 0.3) is 0 Å². The molecule has 0 radical (unpaired) electrons. The summed E-state index contributed by atoms with van der Waals surface area (Å²) < 4.78 is 0. The van der Waals surface area contributed by atoms with Gasteiger partial charge in [0, 0.05) is 6.42 Å². The molecule has 3 amide bonds. The van der Waals surface area contributed by atoms with Crippen LogP contribution < -0.4 is 5.32 Å². The predicted octanol–water partition coefficient (Wildman–Crippen LogP) is 3.88. The van der Waals surface area contributed by atoms with Crippen molar-refractivity contribution in [3.63, 3.8) is 0 Å². The Bertz CT molecular complexity index is 1020. The van der Waals surface area contributed by atoms with Crippen molar-refractivity contribution in [3.8, 4) is 0 Å². The van der Waals surface area contributed by atoms with Crippen molar-refractivity contribution >= 4 is 34.2 Å². The smallest absolute Gasteiger partial charge is 0.261 e. The molecule has 1 N–H and O–H groups in total. The Balaban J connectivity index is 1.10. The average Bonchev–Trinajstić information content (AvgIpc) is 3.25. The molecule has 31 heavy (non-hydrogen) atoms. The SMILES string of the molecule is O=C(CC12CC3CC(CC(C3)C1)C2)Nc1nnc(CN2C(=O)c3ccccc3C2=O)s1. The summed E-state index contributed by atoms with van der Waals surface area (Å²) in [7, 11) is 0. The van der Waals surface area contributed by atoms with Gasteiger partial charge >= 0.3 is 0 Å². The molecule has 1 aliphatic heterocycles. The molecule has 2 aromatic rings. The van der Waals surface area contributed by atoms with Crippen LogP contribution in [-0.2, 0) is 11.3 Å². The van der Waals surface area contributed by atoms with Crippen LogP contribution in [0.4, 0.5) is 5.13 Å². The lowest BCUT2D eigenvalue weighted by atomic mass is 9.49. The lowest BCUT2D eigenvalue weighted by Gasteiger charge is -2.56. The van der Waals surface area contributed by atoms with E-state index in [1.54, 1.807) is 24.3 Å². The Kier molecular flexibility index (Phi) is 4.28. The highest BCUT2D eigenvalue weighted by molar-refractivity contribution is 7.15. The molecule has 4 saturated carbocycles. The fraction of sp³-hybridized carbons (Fsp3) is 0.522. The molecule has 7 nitrogen and oxygen atoms in total. The van der Waals surface area contributed by atoms with Crippen molar-refractivity contribution in [1.82, 2.24) is 15.1 Å². The fourth-order valence-corrected chi connectivity index (χ4v) is 7.64. The first-order chi connectivity index (χ1) is 15.0. The molecule has 0 unspecified atom stereocenters. The molecule has 0 saturated heterocycles. The van der Waals surface area contributed by atoms with Gasteiger partial charge in [0.2, 0.25) is 11.0 Å². The number of aromatic nitrogens is 2. The fourth-order valence-electron chi connectivity index (χ4n) is 6.90. The van der Waals surface area contributed by atoms with Gasteiger partial charge in [0.15, 0.2) is 0 Å². The number of amides is 3. The molecule has 1 aromatic carbocycles. The topological polar surface area (TPSA) is 92.3 Å². The van der Waals surface area contributed by atoms with Gasteiger partial charge in [-0.15, -0.1) is 10.2 Å². The largest absolute Gasteiger partial charge is 0.301 e. The summed E-state index contributed by atoms with van der Waals surface area (Å²) in [6, 6.07) is 6.81. The van der Waals surface area contributed by atoms with Crippen molar-refractivity contribution in [1.29, 1.82) is 0 Å². The van der Waals surface area contributed by atoms with Gasteiger partial charge in [-0.2, -0.15) is 0 Å². The molecular formula is C23H24N4O3S. The number of nitrogens with one attached hydrogen (secondary N) is 1. The molecule has 0 spiro atoms. The quantitative estimate of drug-likeness (QED) is 0.718. The number of fused-ring (bicyclic) bond motifs is 1. The van der Waals surface area contributed by atoms with Crippen molar-refractivity contribution in [2.75, 3.05) is 5.32 Å². The van der Waals surface area contributed by atoms with Crippen molar-refractivity contribution < 1.29 is 14.4 Å². The van der Waals surface area contributed by atoms with E-state index in [-0.39, 0.29) is 29.7 Å². The molecule has 0 atom stereocenters. The minimum Gasteiger partial charge on any atom is -0.301 e. The van der Waals surface area contributed by atoms with E-state index in [2.05, 4.69) is 15.5 Å². The number of imide groups is 1. The Morgan fingerprint density at radius 3 is 2.16 bits per heavy atom. The second kappa shape index (κ2) is 6.95. The number of nitrogens with zero attached hydrogens (tertiary/aromatic N) is 3. The second-order valence-corrected chi connectivity index (χ2v) is 10.9. The first-order valence-electron chi connectivity index (χ1n) is 11.1. The van der Waals surface area contributed by atoms with E-state index in [1.807, 2.05) is 0 Å². The Morgan fingerprint density at radius 1 is 1.00 bits per heavy atom. The maximum absolute atomic E-state index is 12.8. The third kappa shape index (κ3) is 3.28. The van der Waals surface area contributed by atoms with Gasteiger partial charge in [-0.05, 0) is 73.8 Å². The number of carbonyl (C=O) groups is 3. The van der Waals surface area contributed by atoms with E-state index in [1.165, 1.54) is 54.8 Å². The first-order valence-corrected chi connectivity index (χ1v) is 11.9. The summed E-state index contributed by atoms with van der Waals surface area (Å²) in [5.41, 5.74) is 1.01. The minimum absolute atomic E-state index is 0.00498. The lowest BCUT2D eigenvalue weighted by Crippen LogP contribution is -2.47. The summed E-state index contributed by atoms with van der Waals surface area (Å²) in [5, 5.41) is 12.1. The lowest BCUT2D eigenvalue weighted by molar-refractivity contribution is -0.124. The molecule has 5 aliphatic rings. The van der Waals surface area contributed by atoms with Crippen molar-refractivity contribution in [2.45, 2.75) is 51.5 Å². The van der Waals surface area contributed by atoms with Gasteiger partial charge in [0.1, 0.15) is 5.01 Å². The van der Waals surface area contributed by atoms with Crippen molar-refractivity contribution in [2.24, 2.45) is 23.2 Å². The molecule has 4 fully saturated rings. The van der Waals surface area contributed by atoms with Gasteiger partial charge in [-0.1, -0.05) is 23.5 Å². The Morgan fingerprint density at radius 2 is 1.58 bits per heavy atom. The second-order valence-electron chi connectivity index (χ2n) is 9.89. The molecule has 4 bridgehead atoms. The van der Waals surface area contributed by atoms with Crippen molar-refractivity contribution in [3.05, 3.63) is 40.4 Å². The van der Waals surface area contributed by atoms with Gasteiger partial charge in [0.05, 0.1) is 17.7 Å². The summed E-state index contributed by atoms with van der Waals surface area (Å²) in [5.74, 6) is 1.81. The number of rotatable bonds is 5. The summed E-state index contributed by atoms with van der Waals surface area (Å²) in [4.78, 5) is 39.1. The monoisotopic (exact) mass is 436 g/mol. The zero-order valence-corrected chi connectivity index (χ0v) is 18.0. The van der Waals surface area contributed by atoms with Crippen LogP contribution in [0, 0.1) is 23.2 Å². The minimum atomic E-state index is -0.316. The number of anilines is 1. The normalized spacial score (nSPS) is 30.7. The van der Waals surface area contributed by atoms with E-state index >= 15 is 0 Å². The van der Waals surface area contributed by atoms with Gasteiger partial charge < -0.3 is 5.32 Å². The number of hydrogen-bond acceptors (Lipinski definition) is 6. The van der Waals surface area contributed by atoms with Crippen LogP contribution in [0.3, 0.4) is 0 Å². The number of benzene rings is 1. The molecule has 2 heterocycles. The van der Waals surface area contributed by atoms with E-state index in [4.69, 9.17) is 0 Å². The van der Waals surface area contributed by atoms with Crippen LogP contribution >= 0.6 is 11.3 Å². The van der Waals surface area contributed by atoms with Crippen LogP contribution in [-0.4, -0.2) is 32.8 Å². The highest BCUT2D eigenvalue weighted by Crippen LogP contribution is 2.61. The Hall–Kier alpha value is -2.61. The summed E-state index contributed by atoms with van der Waals surface area (Å²) in [6.07, 6.45) is 8.20. The van der Waals surface area contributed by atoms with Gasteiger partial charge in [-0.3, -0.25) is 19.3 Å². The van der Waals surface area contributed by atoms with E-state index in [0.29, 0.717) is 27.7 Å².